The van der Waals surface area contributed by atoms with Crippen molar-refractivity contribution < 1.29 is 4.74 Å². The number of nitrogens with zero attached hydrogens (tertiary/aromatic N) is 1. The molecule has 0 aliphatic carbocycles. The summed E-state index contributed by atoms with van der Waals surface area (Å²) in [5, 5.41) is 0. The Hall–Kier alpha value is -2.00. The van der Waals surface area contributed by atoms with Crippen molar-refractivity contribution in [3.05, 3.63) is 53.6 Å². The summed E-state index contributed by atoms with van der Waals surface area (Å²) in [4.78, 5) is 2.05. The SMILES string of the molecule is Cc1ccc(CN)cc1Oc1cccc(N(C)C)c1. The Kier molecular flexibility index (Phi) is 4.07. The summed E-state index contributed by atoms with van der Waals surface area (Å²) in [6.45, 7) is 2.56. The summed E-state index contributed by atoms with van der Waals surface area (Å²) >= 11 is 0. The van der Waals surface area contributed by atoms with Crippen molar-refractivity contribution in [1.29, 1.82) is 0 Å². The highest BCUT2D eigenvalue weighted by Gasteiger charge is 2.04. The minimum absolute atomic E-state index is 0.522. The first-order chi connectivity index (χ1) is 9.10. The quantitative estimate of drug-likeness (QED) is 0.912. The molecule has 0 amide bonds. The van der Waals surface area contributed by atoms with Gasteiger partial charge in [0.1, 0.15) is 11.5 Å². The second-order valence-electron chi connectivity index (χ2n) is 4.80. The van der Waals surface area contributed by atoms with E-state index < -0.39 is 0 Å². The second-order valence-corrected chi connectivity index (χ2v) is 4.80. The van der Waals surface area contributed by atoms with Crippen molar-refractivity contribution in [1.82, 2.24) is 0 Å². The normalized spacial score (nSPS) is 10.3. The molecule has 0 fully saturated rings. The van der Waals surface area contributed by atoms with Gasteiger partial charge in [-0.3, -0.25) is 0 Å². The van der Waals surface area contributed by atoms with Crippen LogP contribution in [-0.4, -0.2) is 14.1 Å². The Morgan fingerprint density at radius 2 is 1.89 bits per heavy atom. The van der Waals surface area contributed by atoms with E-state index >= 15 is 0 Å². The van der Waals surface area contributed by atoms with E-state index in [1.165, 1.54) is 0 Å². The molecule has 0 heterocycles. The van der Waals surface area contributed by atoms with E-state index in [1.54, 1.807) is 0 Å². The lowest BCUT2D eigenvalue weighted by Crippen LogP contribution is -2.08. The van der Waals surface area contributed by atoms with E-state index in [2.05, 4.69) is 11.0 Å². The van der Waals surface area contributed by atoms with Crippen LogP contribution in [0.2, 0.25) is 0 Å². The van der Waals surface area contributed by atoms with Gasteiger partial charge in [-0.25, -0.2) is 0 Å². The topological polar surface area (TPSA) is 38.5 Å². The molecule has 19 heavy (non-hydrogen) atoms. The fraction of sp³-hybridized carbons (Fsp3) is 0.250. The van der Waals surface area contributed by atoms with Crippen LogP contribution in [0.1, 0.15) is 11.1 Å². The molecule has 0 spiro atoms. The van der Waals surface area contributed by atoms with E-state index in [0.717, 1.165) is 28.3 Å². The Balaban J connectivity index is 2.28. The molecule has 0 atom stereocenters. The van der Waals surface area contributed by atoms with Gasteiger partial charge in [0, 0.05) is 32.4 Å². The van der Waals surface area contributed by atoms with Crippen molar-refractivity contribution in [3.8, 4) is 11.5 Å². The second kappa shape index (κ2) is 5.76. The number of anilines is 1. The number of hydrogen-bond donors (Lipinski definition) is 1. The van der Waals surface area contributed by atoms with Crippen molar-refractivity contribution in [3.63, 3.8) is 0 Å². The third-order valence-electron chi connectivity index (χ3n) is 3.05. The minimum atomic E-state index is 0.522. The Bertz CT molecular complexity index is 564. The lowest BCUT2D eigenvalue weighted by Gasteiger charge is -2.15. The van der Waals surface area contributed by atoms with E-state index in [-0.39, 0.29) is 0 Å². The van der Waals surface area contributed by atoms with E-state index in [9.17, 15) is 0 Å². The number of benzene rings is 2. The number of nitrogens with two attached hydrogens (primary N) is 1. The minimum Gasteiger partial charge on any atom is -0.457 e. The maximum absolute atomic E-state index is 5.96. The Labute approximate surface area is 114 Å². The van der Waals surface area contributed by atoms with Gasteiger partial charge in [0.2, 0.25) is 0 Å². The number of aryl methyl sites for hydroxylation is 1. The van der Waals surface area contributed by atoms with Crippen molar-refractivity contribution in [2.75, 3.05) is 19.0 Å². The maximum atomic E-state index is 5.96. The molecule has 2 N–H and O–H groups in total. The summed E-state index contributed by atoms with van der Waals surface area (Å²) in [5.74, 6) is 1.70. The van der Waals surface area contributed by atoms with Crippen LogP contribution in [0.5, 0.6) is 11.5 Å². The molecule has 2 aromatic rings. The third kappa shape index (κ3) is 3.26. The third-order valence-corrected chi connectivity index (χ3v) is 3.05. The van der Waals surface area contributed by atoms with Crippen LogP contribution in [0.3, 0.4) is 0 Å². The molecule has 0 bridgehead atoms. The smallest absolute Gasteiger partial charge is 0.130 e. The van der Waals surface area contributed by atoms with Crippen molar-refractivity contribution in [2.24, 2.45) is 5.73 Å². The first-order valence-corrected chi connectivity index (χ1v) is 6.35. The number of ether oxygens (including phenoxy) is 1. The molecule has 3 heteroatoms. The zero-order valence-electron chi connectivity index (χ0n) is 11.7. The summed E-state index contributed by atoms with van der Waals surface area (Å²) in [7, 11) is 4.03. The molecule has 3 nitrogen and oxygen atoms in total. The van der Waals surface area contributed by atoms with Gasteiger partial charge in [-0.2, -0.15) is 0 Å². The monoisotopic (exact) mass is 256 g/mol. The summed E-state index contributed by atoms with van der Waals surface area (Å²) in [6.07, 6.45) is 0. The Morgan fingerprint density at radius 1 is 1.11 bits per heavy atom. The van der Waals surface area contributed by atoms with Gasteiger partial charge in [-0.1, -0.05) is 18.2 Å². The van der Waals surface area contributed by atoms with Crippen LogP contribution in [0.15, 0.2) is 42.5 Å². The zero-order chi connectivity index (χ0) is 13.8. The van der Waals surface area contributed by atoms with Crippen LogP contribution in [0, 0.1) is 6.92 Å². The predicted molar refractivity (Wildman–Crippen MR) is 79.9 cm³/mol. The summed E-state index contributed by atoms with van der Waals surface area (Å²) in [6, 6.07) is 14.1. The van der Waals surface area contributed by atoms with Crippen LogP contribution in [-0.2, 0) is 6.54 Å². The number of rotatable bonds is 4. The number of hydrogen-bond acceptors (Lipinski definition) is 3. The largest absolute Gasteiger partial charge is 0.457 e. The molecule has 0 aliphatic rings. The predicted octanol–water partition coefficient (Wildman–Crippen LogP) is 3.31. The lowest BCUT2D eigenvalue weighted by atomic mass is 10.1. The van der Waals surface area contributed by atoms with Gasteiger partial charge in [0.15, 0.2) is 0 Å². The van der Waals surface area contributed by atoms with Crippen LogP contribution in [0.25, 0.3) is 0 Å². The Morgan fingerprint density at radius 3 is 2.58 bits per heavy atom. The summed E-state index contributed by atoms with van der Waals surface area (Å²) in [5.41, 5.74) is 8.96. The zero-order valence-corrected chi connectivity index (χ0v) is 11.7. The molecular formula is C16H20N2O. The van der Waals surface area contributed by atoms with Crippen molar-refractivity contribution in [2.45, 2.75) is 13.5 Å². The average Bonchev–Trinajstić information content (AvgIpc) is 2.41. The highest BCUT2D eigenvalue weighted by Crippen LogP contribution is 2.28. The highest BCUT2D eigenvalue weighted by atomic mass is 16.5. The average molecular weight is 256 g/mol. The van der Waals surface area contributed by atoms with Crippen LogP contribution in [0.4, 0.5) is 5.69 Å². The fourth-order valence-corrected chi connectivity index (χ4v) is 1.83. The molecule has 0 saturated carbocycles. The maximum Gasteiger partial charge on any atom is 0.130 e. The molecule has 2 rings (SSSR count). The molecule has 0 saturated heterocycles. The highest BCUT2D eigenvalue weighted by molar-refractivity contribution is 5.51. The molecule has 100 valence electrons. The van der Waals surface area contributed by atoms with Crippen molar-refractivity contribution >= 4 is 5.69 Å². The van der Waals surface area contributed by atoms with Gasteiger partial charge in [0.25, 0.3) is 0 Å². The van der Waals surface area contributed by atoms with Gasteiger partial charge in [-0.15, -0.1) is 0 Å². The van der Waals surface area contributed by atoms with E-state index in [4.69, 9.17) is 10.5 Å². The molecule has 0 aromatic heterocycles. The lowest BCUT2D eigenvalue weighted by molar-refractivity contribution is 0.478. The van der Waals surface area contributed by atoms with E-state index in [1.807, 2.05) is 57.4 Å². The van der Waals surface area contributed by atoms with E-state index in [0.29, 0.717) is 6.54 Å². The van der Waals surface area contributed by atoms with Crippen LogP contribution >= 0.6 is 0 Å². The first-order valence-electron chi connectivity index (χ1n) is 6.35. The molecular weight excluding hydrogens is 236 g/mol. The van der Waals surface area contributed by atoms with Gasteiger partial charge >= 0.3 is 0 Å². The molecule has 0 aliphatic heterocycles. The molecule has 0 radical (unpaired) electrons. The standard InChI is InChI=1S/C16H20N2O/c1-12-7-8-13(11-17)9-16(12)19-15-6-4-5-14(10-15)18(2)3/h4-10H,11,17H2,1-3H3. The van der Waals surface area contributed by atoms with Gasteiger partial charge in [-0.05, 0) is 36.2 Å². The molecule has 0 unspecified atom stereocenters. The summed E-state index contributed by atoms with van der Waals surface area (Å²) < 4.78 is 5.96. The first kappa shape index (κ1) is 13.4. The van der Waals surface area contributed by atoms with Crippen LogP contribution < -0.4 is 15.4 Å². The molecule has 2 aromatic carbocycles. The fourth-order valence-electron chi connectivity index (χ4n) is 1.83. The van der Waals surface area contributed by atoms with Gasteiger partial charge in [0.05, 0.1) is 0 Å². The van der Waals surface area contributed by atoms with Gasteiger partial charge < -0.3 is 15.4 Å².